The van der Waals surface area contributed by atoms with Crippen molar-refractivity contribution in [2.75, 3.05) is 5.73 Å². The molecule has 100 valence electrons. The lowest BCUT2D eigenvalue weighted by Crippen LogP contribution is -1.92. The Morgan fingerprint density at radius 3 is 2.58 bits per heavy atom. The number of rotatable bonds is 5. The fraction of sp³-hybridized carbons (Fsp3) is 0.294. The van der Waals surface area contributed by atoms with Gasteiger partial charge in [-0.15, -0.1) is 0 Å². The van der Waals surface area contributed by atoms with E-state index in [-0.39, 0.29) is 0 Å². The summed E-state index contributed by atoms with van der Waals surface area (Å²) in [5.41, 5.74) is 9.66. The normalized spacial score (nSPS) is 10.6. The van der Waals surface area contributed by atoms with Crippen LogP contribution < -0.4 is 5.73 Å². The molecular weight excluding hydrogens is 234 g/mol. The number of benzene rings is 2. The lowest BCUT2D eigenvalue weighted by atomic mass is 9.95. The van der Waals surface area contributed by atoms with Crippen LogP contribution in [0.25, 0.3) is 11.1 Å². The summed E-state index contributed by atoms with van der Waals surface area (Å²) in [5, 5.41) is 10.2. The number of phenols is 1. The summed E-state index contributed by atoms with van der Waals surface area (Å²) in [6, 6.07) is 13.4. The highest BCUT2D eigenvalue weighted by molar-refractivity contribution is 5.75. The molecule has 0 aliphatic heterocycles. The van der Waals surface area contributed by atoms with Crippen LogP contribution in [0.5, 0.6) is 5.75 Å². The van der Waals surface area contributed by atoms with E-state index in [9.17, 15) is 5.11 Å². The summed E-state index contributed by atoms with van der Waals surface area (Å²) < 4.78 is 0. The molecule has 0 saturated heterocycles. The van der Waals surface area contributed by atoms with Gasteiger partial charge in [0.2, 0.25) is 0 Å². The van der Waals surface area contributed by atoms with Crippen molar-refractivity contribution in [3.05, 3.63) is 48.0 Å². The average molecular weight is 255 g/mol. The van der Waals surface area contributed by atoms with E-state index < -0.39 is 0 Å². The van der Waals surface area contributed by atoms with Crippen molar-refractivity contribution in [2.24, 2.45) is 0 Å². The Hall–Kier alpha value is -1.96. The van der Waals surface area contributed by atoms with Crippen LogP contribution in [0.3, 0.4) is 0 Å². The number of hydrogen-bond donors (Lipinski definition) is 2. The van der Waals surface area contributed by atoms with Crippen LogP contribution >= 0.6 is 0 Å². The summed E-state index contributed by atoms with van der Waals surface area (Å²) in [6.07, 6.45) is 4.56. The van der Waals surface area contributed by atoms with Gasteiger partial charge in [0.15, 0.2) is 0 Å². The van der Waals surface area contributed by atoms with Gasteiger partial charge in [-0.25, -0.2) is 0 Å². The molecule has 3 N–H and O–H groups in total. The summed E-state index contributed by atoms with van der Waals surface area (Å²) >= 11 is 0. The van der Waals surface area contributed by atoms with Crippen molar-refractivity contribution in [1.82, 2.24) is 0 Å². The van der Waals surface area contributed by atoms with E-state index in [0.717, 1.165) is 29.7 Å². The zero-order chi connectivity index (χ0) is 13.7. The molecule has 0 saturated carbocycles. The zero-order valence-corrected chi connectivity index (χ0v) is 11.4. The van der Waals surface area contributed by atoms with Crippen molar-refractivity contribution >= 4 is 5.69 Å². The number of anilines is 1. The van der Waals surface area contributed by atoms with Gasteiger partial charge in [0.25, 0.3) is 0 Å². The van der Waals surface area contributed by atoms with Crippen LogP contribution in [0, 0.1) is 0 Å². The monoisotopic (exact) mass is 255 g/mol. The minimum atomic E-state index is 0.333. The Balaban J connectivity index is 2.37. The standard InChI is InChI=1S/C17H21NO/c1-2-3-4-7-13-8-6-11-16(19)17(13)14-9-5-10-15(18)12-14/h5-6,8-12,19H,2-4,7,18H2,1H3. The predicted octanol–water partition coefficient (Wildman–Crippen LogP) is 4.37. The Labute approximate surface area is 114 Å². The highest BCUT2D eigenvalue weighted by Gasteiger charge is 2.10. The van der Waals surface area contributed by atoms with Gasteiger partial charge in [-0.2, -0.15) is 0 Å². The topological polar surface area (TPSA) is 46.2 Å². The third-order valence-electron chi connectivity index (χ3n) is 3.35. The van der Waals surface area contributed by atoms with Gasteiger partial charge in [0.05, 0.1) is 0 Å². The quantitative estimate of drug-likeness (QED) is 0.615. The minimum absolute atomic E-state index is 0.333. The molecule has 2 nitrogen and oxygen atoms in total. The summed E-state index contributed by atoms with van der Waals surface area (Å²) in [5.74, 6) is 0.333. The maximum atomic E-state index is 10.2. The van der Waals surface area contributed by atoms with Crippen LogP contribution in [0.2, 0.25) is 0 Å². The Kier molecular flexibility index (Phi) is 4.45. The molecular formula is C17H21NO. The molecule has 0 bridgehead atoms. The minimum Gasteiger partial charge on any atom is -0.507 e. The Morgan fingerprint density at radius 1 is 1.05 bits per heavy atom. The molecule has 2 heteroatoms. The van der Waals surface area contributed by atoms with Gasteiger partial charge in [0.1, 0.15) is 5.75 Å². The third-order valence-corrected chi connectivity index (χ3v) is 3.35. The van der Waals surface area contributed by atoms with Gasteiger partial charge < -0.3 is 10.8 Å². The molecule has 0 unspecified atom stereocenters. The van der Waals surface area contributed by atoms with E-state index in [1.165, 1.54) is 18.4 Å². The summed E-state index contributed by atoms with van der Waals surface area (Å²) in [7, 11) is 0. The van der Waals surface area contributed by atoms with E-state index >= 15 is 0 Å². The molecule has 0 aromatic heterocycles. The van der Waals surface area contributed by atoms with E-state index in [1.54, 1.807) is 6.07 Å². The first-order valence-corrected chi connectivity index (χ1v) is 6.89. The van der Waals surface area contributed by atoms with E-state index in [1.807, 2.05) is 30.3 Å². The number of aryl methyl sites for hydroxylation is 1. The number of phenolic OH excluding ortho intramolecular Hbond substituents is 1. The first-order chi connectivity index (χ1) is 9.22. The smallest absolute Gasteiger partial charge is 0.123 e. The van der Waals surface area contributed by atoms with Crippen molar-refractivity contribution in [1.29, 1.82) is 0 Å². The molecule has 2 aromatic carbocycles. The highest BCUT2D eigenvalue weighted by atomic mass is 16.3. The number of hydrogen-bond acceptors (Lipinski definition) is 2. The molecule has 0 aliphatic rings. The van der Waals surface area contributed by atoms with Crippen LogP contribution in [-0.2, 0) is 6.42 Å². The SMILES string of the molecule is CCCCCc1cccc(O)c1-c1cccc(N)c1. The molecule has 0 aliphatic carbocycles. The number of nitrogen functional groups attached to an aromatic ring is 1. The molecule has 0 amide bonds. The van der Waals surface area contributed by atoms with E-state index in [0.29, 0.717) is 5.75 Å². The lowest BCUT2D eigenvalue weighted by Gasteiger charge is -2.12. The predicted molar refractivity (Wildman–Crippen MR) is 81.2 cm³/mol. The molecule has 19 heavy (non-hydrogen) atoms. The van der Waals surface area contributed by atoms with E-state index in [4.69, 9.17) is 5.73 Å². The van der Waals surface area contributed by atoms with Gasteiger partial charge in [-0.3, -0.25) is 0 Å². The molecule has 0 atom stereocenters. The largest absolute Gasteiger partial charge is 0.507 e. The first-order valence-electron chi connectivity index (χ1n) is 6.89. The van der Waals surface area contributed by atoms with Gasteiger partial charge >= 0.3 is 0 Å². The molecule has 0 heterocycles. The van der Waals surface area contributed by atoms with Gasteiger partial charge in [0, 0.05) is 11.3 Å². The number of aromatic hydroxyl groups is 1. The molecule has 0 spiro atoms. The van der Waals surface area contributed by atoms with Crippen molar-refractivity contribution in [2.45, 2.75) is 32.6 Å². The third kappa shape index (κ3) is 3.28. The van der Waals surface area contributed by atoms with Crippen molar-refractivity contribution in [3.63, 3.8) is 0 Å². The lowest BCUT2D eigenvalue weighted by molar-refractivity contribution is 0.476. The van der Waals surface area contributed by atoms with E-state index in [2.05, 4.69) is 13.0 Å². The second-order valence-corrected chi connectivity index (χ2v) is 4.89. The number of nitrogens with two attached hydrogens (primary N) is 1. The second-order valence-electron chi connectivity index (χ2n) is 4.89. The van der Waals surface area contributed by atoms with Crippen LogP contribution in [0.4, 0.5) is 5.69 Å². The fourth-order valence-corrected chi connectivity index (χ4v) is 2.39. The molecule has 2 aromatic rings. The van der Waals surface area contributed by atoms with Gasteiger partial charge in [-0.1, -0.05) is 44.0 Å². The van der Waals surface area contributed by atoms with Crippen LogP contribution in [0.15, 0.2) is 42.5 Å². The van der Waals surface area contributed by atoms with Crippen LogP contribution in [-0.4, -0.2) is 5.11 Å². The first kappa shape index (κ1) is 13.5. The highest BCUT2D eigenvalue weighted by Crippen LogP contribution is 2.34. The van der Waals surface area contributed by atoms with Crippen LogP contribution in [0.1, 0.15) is 31.7 Å². The maximum Gasteiger partial charge on any atom is 0.123 e. The molecule has 0 fully saturated rings. The molecule has 2 rings (SSSR count). The molecule has 0 radical (unpaired) electrons. The fourth-order valence-electron chi connectivity index (χ4n) is 2.39. The van der Waals surface area contributed by atoms with Gasteiger partial charge in [-0.05, 0) is 42.2 Å². The summed E-state index contributed by atoms with van der Waals surface area (Å²) in [6.45, 7) is 2.20. The zero-order valence-electron chi connectivity index (χ0n) is 11.4. The average Bonchev–Trinajstić information content (AvgIpc) is 2.39. The number of unbranched alkanes of at least 4 members (excludes halogenated alkanes) is 2. The second kappa shape index (κ2) is 6.28. The van der Waals surface area contributed by atoms with Crippen molar-refractivity contribution in [3.8, 4) is 16.9 Å². The Morgan fingerprint density at radius 2 is 1.84 bits per heavy atom. The Bertz CT molecular complexity index is 549. The van der Waals surface area contributed by atoms with Crippen molar-refractivity contribution < 1.29 is 5.11 Å². The maximum absolute atomic E-state index is 10.2. The summed E-state index contributed by atoms with van der Waals surface area (Å²) in [4.78, 5) is 0.